The van der Waals surface area contributed by atoms with E-state index in [1.165, 1.54) is 0 Å². The van der Waals surface area contributed by atoms with Crippen LogP contribution in [0.4, 0.5) is 0 Å². The van der Waals surface area contributed by atoms with E-state index in [1.54, 1.807) is 0 Å². The summed E-state index contributed by atoms with van der Waals surface area (Å²) in [5.74, 6) is 1.78. The minimum absolute atomic E-state index is 0.356. The Kier molecular flexibility index (Phi) is 1.09. The van der Waals surface area contributed by atoms with Crippen LogP contribution in [0.2, 0.25) is 0 Å². The number of allylic oxidation sites excluding steroid dienone is 3. The van der Waals surface area contributed by atoms with E-state index in [9.17, 15) is 0 Å². The molecule has 0 saturated heterocycles. The molecule has 2 N–H and O–H groups in total. The van der Waals surface area contributed by atoms with Crippen LogP contribution in [0.15, 0.2) is 23.3 Å². The zero-order valence-electron chi connectivity index (χ0n) is 5.59. The van der Waals surface area contributed by atoms with Crippen LogP contribution in [0.5, 0.6) is 0 Å². The molecule has 2 aliphatic rings. The van der Waals surface area contributed by atoms with Crippen LogP contribution < -0.4 is 5.73 Å². The first-order valence-electron chi connectivity index (χ1n) is 3.31. The maximum Gasteiger partial charge on any atom is 0.230 e. The second kappa shape index (κ2) is 1.94. The quantitative estimate of drug-likeness (QED) is 0.540. The van der Waals surface area contributed by atoms with Crippen LogP contribution in [-0.2, 0) is 9.47 Å². The van der Waals surface area contributed by atoms with Gasteiger partial charge >= 0.3 is 0 Å². The average Bonchev–Trinajstić information content (AvgIpc) is 2.33. The highest BCUT2D eigenvalue weighted by molar-refractivity contribution is 5.26. The van der Waals surface area contributed by atoms with Gasteiger partial charge in [-0.1, -0.05) is 0 Å². The van der Waals surface area contributed by atoms with Crippen molar-refractivity contribution < 1.29 is 9.47 Å². The Morgan fingerprint density at radius 3 is 3.10 bits per heavy atom. The normalized spacial score (nSPS) is 23.0. The van der Waals surface area contributed by atoms with E-state index in [2.05, 4.69) is 0 Å². The highest BCUT2D eigenvalue weighted by atomic mass is 16.7. The summed E-state index contributed by atoms with van der Waals surface area (Å²) in [5, 5.41) is 0. The molecule has 10 heavy (non-hydrogen) atoms. The molecule has 0 radical (unpaired) electrons. The lowest BCUT2D eigenvalue weighted by Gasteiger charge is -2.07. The van der Waals surface area contributed by atoms with Gasteiger partial charge in [0.25, 0.3) is 0 Å². The molecule has 0 fully saturated rings. The van der Waals surface area contributed by atoms with E-state index in [0.717, 1.165) is 30.1 Å². The van der Waals surface area contributed by atoms with Crippen molar-refractivity contribution in [2.45, 2.75) is 12.8 Å². The zero-order valence-corrected chi connectivity index (χ0v) is 5.59. The predicted octanol–water partition coefficient (Wildman–Crippen LogP) is 0.839. The van der Waals surface area contributed by atoms with Crippen LogP contribution in [0.1, 0.15) is 12.8 Å². The van der Waals surface area contributed by atoms with E-state index < -0.39 is 0 Å². The van der Waals surface area contributed by atoms with E-state index in [1.807, 2.05) is 6.08 Å². The third kappa shape index (κ3) is 0.744. The Morgan fingerprint density at radius 2 is 2.20 bits per heavy atom. The second-order valence-electron chi connectivity index (χ2n) is 2.41. The minimum Gasteiger partial charge on any atom is -0.458 e. The second-order valence-corrected chi connectivity index (χ2v) is 2.41. The maximum atomic E-state index is 5.58. The van der Waals surface area contributed by atoms with Crippen molar-refractivity contribution in [1.82, 2.24) is 0 Å². The lowest BCUT2D eigenvalue weighted by molar-refractivity contribution is 0.0729. The van der Waals surface area contributed by atoms with Crippen LogP contribution in [-0.4, -0.2) is 6.79 Å². The van der Waals surface area contributed by atoms with Crippen LogP contribution >= 0.6 is 0 Å². The highest BCUT2D eigenvalue weighted by Crippen LogP contribution is 2.27. The molecule has 0 aromatic carbocycles. The molecule has 0 spiro atoms. The molecule has 2 rings (SSSR count). The summed E-state index contributed by atoms with van der Waals surface area (Å²) in [6, 6.07) is 0. The molecule has 1 aliphatic carbocycles. The summed E-state index contributed by atoms with van der Waals surface area (Å²) in [4.78, 5) is 0. The molecule has 54 valence electrons. The van der Waals surface area contributed by atoms with Crippen molar-refractivity contribution in [3.8, 4) is 0 Å². The fraction of sp³-hybridized carbons (Fsp3) is 0.429. The average molecular weight is 139 g/mol. The van der Waals surface area contributed by atoms with Gasteiger partial charge in [-0.3, -0.25) is 0 Å². The van der Waals surface area contributed by atoms with Crippen molar-refractivity contribution in [2.24, 2.45) is 5.73 Å². The van der Waals surface area contributed by atoms with Crippen molar-refractivity contribution in [2.75, 3.05) is 6.79 Å². The topological polar surface area (TPSA) is 44.5 Å². The van der Waals surface area contributed by atoms with Gasteiger partial charge in [0.2, 0.25) is 6.79 Å². The first kappa shape index (κ1) is 5.65. The Morgan fingerprint density at radius 1 is 1.30 bits per heavy atom. The number of nitrogens with two attached hydrogens (primary N) is 1. The van der Waals surface area contributed by atoms with Gasteiger partial charge in [-0.05, 0) is 6.42 Å². The smallest absolute Gasteiger partial charge is 0.230 e. The van der Waals surface area contributed by atoms with Gasteiger partial charge in [0, 0.05) is 18.2 Å². The summed E-state index contributed by atoms with van der Waals surface area (Å²) in [6.45, 7) is 0.356. The van der Waals surface area contributed by atoms with Gasteiger partial charge < -0.3 is 15.2 Å². The Hall–Kier alpha value is -1.12. The van der Waals surface area contributed by atoms with Crippen LogP contribution in [0, 0.1) is 0 Å². The minimum atomic E-state index is 0.356. The molecule has 1 aliphatic heterocycles. The molecule has 0 atom stereocenters. The van der Waals surface area contributed by atoms with Gasteiger partial charge in [-0.25, -0.2) is 0 Å². The van der Waals surface area contributed by atoms with Crippen molar-refractivity contribution >= 4 is 0 Å². The van der Waals surface area contributed by atoms with Crippen molar-refractivity contribution in [3.63, 3.8) is 0 Å². The molecule has 0 aromatic heterocycles. The third-order valence-corrected chi connectivity index (χ3v) is 1.68. The summed E-state index contributed by atoms with van der Waals surface area (Å²) < 4.78 is 10.3. The lowest BCUT2D eigenvalue weighted by atomic mass is 10.1. The Labute approximate surface area is 59.1 Å². The van der Waals surface area contributed by atoms with E-state index >= 15 is 0 Å². The molecule has 3 nitrogen and oxygen atoms in total. The van der Waals surface area contributed by atoms with E-state index in [4.69, 9.17) is 15.2 Å². The number of ether oxygens (including phenoxy) is 2. The lowest BCUT2D eigenvalue weighted by Crippen LogP contribution is -2.03. The van der Waals surface area contributed by atoms with E-state index in [-0.39, 0.29) is 0 Å². The van der Waals surface area contributed by atoms with Crippen LogP contribution in [0.25, 0.3) is 0 Å². The number of hydrogen-bond donors (Lipinski definition) is 1. The van der Waals surface area contributed by atoms with Gasteiger partial charge in [0.1, 0.15) is 5.76 Å². The summed E-state index contributed by atoms with van der Waals surface area (Å²) in [7, 11) is 0. The molecular formula is C7H9NO2. The molecule has 3 heteroatoms. The standard InChI is InChI=1S/C7H9NO2/c8-5-1-2-6-7(3-5)10-4-9-6/h3H,1-2,4,8H2. The monoisotopic (exact) mass is 139 g/mol. The molecular weight excluding hydrogens is 130 g/mol. The van der Waals surface area contributed by atoms with Gasteiger partial charge in [-0.2, -0.15) is 0 Å². The zero-order chi connectivity index (χ0) is 6.97. The largest absolute Gasteiger partial charge is 0.458 e. The highest BCUT2D eigenvalue weighted by Gasteiger charge is 2.19. The van der Waals surface area contributed by atoms with Gasteiger partial charge in [0.15, 0.2) is 5.76 Å². The summed E-state index contributed by atoms with van der Waals surface area (Å²) >= 11 is 0. The number of rotatable bonds is 0. The Bertz CT molecular complexity index is 218. The van der Waals surface area contributed by atoms with Crippen molar-refractivity contribution in [3.05, 3.63) is 23.3 Å². The van der Waals surface area contributed by atoms with Gasteiger partial charge in [-0.15, -0.1) is 0 Å². The fourth-order valence-corrected chi connectivity index (χ4v) is 1.13. The summed E-state index contributed by atoms with van der Waals surface area (Å²) in [5.41, 5.74) is 6.46. The van der Waals surface area contributed by atoms with Crippen LogP contribution in [0.3, 0.4) is 0 Å². The van der Waals surface area contributed by atoms with Gasteiger partial charge in [0.05, 0.1) is 0 Å². The first-order valence-corrected chi connectivity index (χ1v) is 3.31. The molecule has 0 unspecified atom stereocenters. The third-order valence-electron chi connectivity index (χ3n) is 1.68. The molecule has 0 amide bonds. The summed E-state index contributed by atoms with van der Waals surface area (Å²) in [6.07, 6.45) is 3.62. The Balaban J connectivity index is 2.29. The maximum absolute atomic E-state index is 5.58. The predicted molar refractivity (Wildman–Crippen MR) is 35.6 cm³/mol. The SMILES string of the molecule is NC1=CC2=C(CC1)OCO2. The fourth-order valence-electron chi connectivity index (χ4n) is 1.13. The van der Waals surface area contributed by atoms with Crippen molar-refractivity contribution in [1.29, 1.82) is 0 Å². The van der Waals surface area contributed by atoms with E-state index in [0.29, 0.717) is 6.79 Å². The molecule has 0 saturated carbocycles. The molecule has 0 bridgehead atoms. The molecule has 1 heterocycles. The number of hydrogen-bond acceptors (Lipinski definition) is 3. The first-order chi connectivity index (χ1) is 4.86. The molecule has 0 aromatic rings.